The Morgan fingerprint density at radius 3 is 2.80 bits per heavy atom. The van der Waals surface area contributed by atoms with Crippen molar-refractivity contribution in [1.82, 2.24) is 4.98 Å². The number of aliphatic hydroxyl groups is 2. The highest BCUT2D eigenvalue weighted by atomic mass is 16.5. The van der Waals surface area contributed by atoms with Gasteiger partial charge in [-0.25, -0.2) is 0 Å². The molecule has 1 fully saturated rings. The first-order chi connectivity index (χ1) is 9.45. The molecule has 5 heteroatoms. The minimum Gasteiger partial charge on any atom is -0.394 e. The summed E-state index contributed by atoms with van der Waals surface area (Å²) in [6.45, 7) is 7.38. The van der Waals surface area contributed by atoms with Crippen molar-refractivity contribution < 1.29 is 14.9 Å². The van der Waals surface area contributed by atoms with Gasteiger partial charge in [-0.3, -0.25) is 4.98 Å². The molecule has 1 aliphatic rings. The summed E-state index contributed by atoms with van der Waals surface area (Å²) in [7, 11) is 0. The number of nitrogens with zero attached hydrogens (tertiary/aromatic N) is 2. The van der Waals surface area contributed by atoms with Crippen LogP contribution in [-0.4, -0.2) is 46.6 Å². The molecule has 5 nitrogen and oxygen atoms in total. The summed E-state index contributed by atoms with van der Waals surface area (Å²) in [5.41, 5.74) is 1.39. The van der Waals surface area contributed by atoms with Crippen LogP contribution in [0.15, 0.2) is 18.3 Å². The predicted octanol–water partition coefficient (Wildman–Crippen LogP) is 1.50. The van der Waals surface area contributed by atoms with Gasteiger partial charge in [-0.05, 0) is 32.4 Å². The van der Waals surface area contributed by atoms with Crippen molar-refractivity contribution in [1.29, 1.82) is 0 Å². The number of pyridine rings is 1. The summed E-state index contributed by atoms with van der Waals surface area (Å²) in [5.74, 6) is 0. The van der Waals surface area contributed by atoms with E-state index in [2.05, 4.69) is 9.88 Å². The second kappa shape index (κ2) is 6.08. The first kappa shape index (κ1) is 15.2. The van der Waals surface area contributed by atoms with Crippen molar-refractivity contribution in [3.05, 3.63) is 24.0 Å². The molecular weight excluding hydrogens is 256 g/mol. The lowest BCUT2D eigenvalue weighted by Gasteiger charge is -2.43. The van der Waals surface area contributed by atoms with E-state index < -0.39 is 6.10 Å². The maximum atomic E-state index is 9.76. The fourth-order valence-corrected chi connectivity index (χ4v) is 2.58. The SMILES string of the molecule is CCC(O)c1ccc(N2CC(CO)OC(C)(C)C2)cn1. The number of anilines is 1. The zero-order valence-corrected chi connectivity index (χ0v) is 12.4. The maximum Gasteiger partial charge on any atom is 0.0988 e. The normalized spacial score (nSPS) is 23.6. The van der Waals surface area contributed by atoms with Crippen LogP contribution in [0.2, 0.25) is 0 Å². The number of hydrogen-bond donors (Lipinski definition) is 2. The molecule has 0 aliphatic carbocycles. The summed E-state index contributed by atoms with van der Waals surface area (Å²) in [4.78, 5) is 6.49. The van der Waals surface area contributed by atoms with Crippen LogP contribution in [0.4, 0.5) is 5.69 Å². The van der Waals surface area contributed by atoms with Crippen molar-refractivity contribution in [2.45, 2.75) is 45.0 Å². The second-order valence-corrected chi connectivity index (χ2v) is 5.93. The van der Waals surface area contributed by atoms with Gasteiger partial charge in [0.1, 0.15) is 0 Å². The molecule has 0 radical (unpaired) electrons. The third-order valence-electron chi connectivity index (χ3n) is 3.55. The summed E-state index contributed by atoms with van der Waals surface area (Å²) in [6.07, 6.45) is 1.75. The standard InChI is InChI=1S/C15H24N2O3/c1-4-14(19)13-6-5-11(7-16-13)17-8-12(9-18)20-15(2,3)10-17/h5-7,12,14,18-19H,4,8-10H2,1-3H3. The van der Waals surface area contributed by atoms with Crippen LogP contribution < -0.4 is 4.90 Å². The van der Waals surface area contributed by atoms with E-state index in [1.807, 2.05) is 32.9 Å². The molecule has 2 rings (SSSR count). The van der Waals surface area contributed by atoms with Crippen molar-refractivity contribution >= 4 is 5.69 Å². The second-order valence-electron chi connectivity index (χ2n) is 5.93. The van der Waals surface area contributed by atoms with E-state index in [1.165, 1.54) is 0 Å². The van der Waals surface area contributed by atoms with E-state index in [0.717, 1.165) is 12.2 Å². The molecule has 0 amide bonds. The summed E-state index contributed by atoms with van der Waals surface area (Å²) < 4.78 is 5.80. The number of morpholine rings is 1. The van der Waals surface area contributed by atoms with E-state index in [4.69, 9.17) is 4.74 Å². The Bertz CT molecular complexity index is 433. The van der Waals surface area contributed by atoms with Crippen LogP contribution in [-0.2, 0) is 4.74 Å². The average Bonchev–Trinajstić information content (AvgIpc) is 2.44. The van der Waals surface area contributed by atoms with Crippen molar-refractivity contribution in [3.63, 3.8) is 0 Å². The monoisotopic (exact) mass is 280 g/mol. The number of aromatic nitrogens is 1. The molecule has 112 valence electrons. The Labute approximate surface area is 120 Å². The van der Waals surface area contributed by atoms with Crippen LogP contribution in [0.3, 0.4) is 0 Å². The molecule has 1 aromatic rings. The number of rotatable bonds is 4. The first-order valence-corrected chi connectivity index (χ1v) is 7.13. The fourth-order valence-electron chi connectivity index (χ4n) is 2.58. The minimum atomic E-state index is -0.504. The first-order valence-electron chi connectivity index (χ1n) is 7.13. The Kier molecular flexibility index (Phi) is 4.62. The maximum absolute atomic E-state index is 9.76. The molecule has 0 bridgehead atoms. The molecule has 0 saturated carbocycles. The van der Waals surface area contributed by atoms with E-state index in [9.17, 15) is 10.2 Å². The highest BCUT2D eigenvalue weighted by molar-refractivity contribution is 5.46. The van der Waals surface area contributed by atoms with Gasteiger partial charge in [-0.1, -0.05) is 6.92 Å². The number of ether oxygens (including phenoxy) is 1. The third-order valence-corrected chi connectivity index (χ3v) is 3.55. The van der Waals surface area contributed by atoms with Gasteiger partial charge in [0.25, 0.3) is 0 Å². The molecule has 2 N–H and O–H groups in total. The molecule has 0 aromatic carbocycles. The van der Waals surface area contributed by atoms with Crippen molar-refractivity contribution in [3.8, 4) is 0 Å². The summed E-state index contributed by atoms with van der Waals surface area (Å²) in [6, 6.07) is 3.83. The van der Waals surface area contributed by atoms with E-state index in [0.29, 0.717) is 18.7 Å². The van der Waals surface area contributed by atoms with Crippen molar-refractivity contribution in [2.24, 2.45) is 0 Å². The summed E-state index contributed by atoms with van der Waals surface area (Å²) in [5, 5.41) is 19.1. The van der Waals surface area contributed by atoms with Crippen LogP contribution in [0.1, 0.15) is 39.0 Å². The minimum absolute atomic E-state index is 0.0139. The zero-order valence-electron chi connectivity index (χ0n) is 12.4. The Morgan fingerprint density at radius 2 is 2.25 bits per heavy atom. The van der Waals surface area contributed by atoms with E-state index in [1.54, 1.807) is 6.20 Å². The fraction of sp³-hybridized carbons (Fsp3) is 0.667. The average molecular weight is 280 g/mol. The van der Waals surface area contributed by atoms with Gasteiger partial charge in [0, 0.05) is 13.1 Å². The Morgan fingerprint density at radius 1 is 1.50 bits per heavy atom. The topological polar surface area (TPSA) is 65.8 Å². The number of hydrogen-bond acceptors (Lipinski definition) is 5. The van der Waals surface area contributed by atoms with Gasteiger partial charge >= 0.3 is 0 Å². The zero-order chi connectivity index (χ0) is 14.8. The highest BCUT2D eigenvalue weighted by Gasteiger charge is 2.33. The molecule has 0 spiro atoms. The molecule has 1 aliphatic heterocycles. The molecule has 2 atom stereocenters. The van der Waals surface area contributed by atoms with Crippen molar-refractivity contribution in [2.75, 3.05) is 24.6 Å². The Hall–Kier alpha value is -1.17. The number of aliphatic hydroxyl groups excluding tert-OH is 2. The van der Waals surface area contributed by atoms with E-state index >= 15 is 0 Å². The lowest BCUT2D eigenvalue weighted by molar-refractivity contribution is -0.101. The molecule has 2 unspecified atom stereocenters. The third kappa shape index (κ3) is 3.48. The molecule has 2 heterocycles. The predicted molar refractivity (Wildman–Crippen MR) is 77.7 cm³/mol. The largest absolute Gasteiger partial charge is 0.394 e. The lowest BCUT2D eigenvalue weighted by atomic mass is 10.0. The van der Waals surface area contributed by atoms with Crippen LogP contribution in [0.25, 0.3) is 0 Å². The summed E-state index contributed by atoms with van der Waals surface area (Å²) >= 11 is 0. The van der Waals surface area contributed by atoms with Crippen LogP contribution >= 0.6 is 0 Å². The van der Waals surface area contributed by atoms with Crippen LogP contribution in [0.5, 0.6) is 0 Å². The molecule has 1 saturated heterocycles. The van der Waals surface area contributed by atoms with Gasteiger partial charge in [0.15, 0.2) is 0 Å². The molecular formula is C15H24N2O3. The van der Waals surface area contributed by atoms with Gasteiger partial charge in [-0.2, -0.15) is 0 Å². The molecule has 20 heavy (non-hydrogen) atoms. The highest BCUT2D eigenvalue weighted by Crippen LogP contribution is 2.26. The quantitative estimate of drug-likeness (QED) is 0.875. The van der Waals surface area contributed by atoms with Gasteiger partial charge < -0.3 is 19.8 Å². The van der Waals surface area contributed by atoms with Gasteiger partial charge in [0.2, 0.25) is 0 Å². The van der Waals surface area contributed by atoms with E-state index in [-0.39, 0.29) is 18.3 Å². The van der Waals surface area contributed by atoms with Gasteiger partial charge in [-0.15, -0.1) is 0 Å². The van der Waals surface area contributed by atoms with Gasteiger partial charge in [0.05, 0.1) is 42.0 Å². The lowest BCUT2D eigenvalue weighted by Crippen LogP contribution is -2.54. The Balaban J connectivity index is 2.14. The molecule has 1 aromatic heterocycles. The van der Waals surface area contributed by atoms with Crippen LogP contribution in [0, 0.1) is 0 Å². The smallest absolute Gasteiger partial charge is 0.0988 e.